The van der Waals surface area contributed by atoms with Crippen LogP contribution < -0.4 is 5.32 Å². The Morgan fingerprint density at radius 2 is 1.93 bits per heavy atom. The molecule has 0 radical (unpaired) electrons. The summed E-state index contributed by atoms with van der Waals surface area (Å²) < 4.78 is 14.4. The van der Waals surface area contributed by atoms with Gasteiger partial charge in [-0.05, 0) is 49.6 Å². The van der Waals surface area contributed by atoms with Crippen LogP contribution in [0.2, 0.25) is 0 Å². The SMILES string of the molecule is Cc1c(F)cc(C(=O)NC2CC2)cc1-c1ccc(C(=O)N2CCSCC2)cn1. The minimum Gasteiger partial charge on any atom is -0.349 e. The van der Waals surface area contributed by atoms with E-state index in [1.165, 1.54) is 12.3 Å². The highest BCUT2D eigenvalue weighted by Gasteiger charge is 2.25. The number of hydrogen-bond acceptors (Lipinski definition) is 4. The van der Waals surface area contributed by atoms with Gasteiger partial charge in [-0.15, -0.1) is 0 Å². The van der Waals surface area contributed by atoms with Crippen molar-refractivity contribution in [1.82, 2.24) is 15.2 Å². The van der Waals surface area contributed by atoms with Crippen LogP contribution in [0.3, 0.4) is 0 Å². The average Bonchev–Trinajstić information content (AvgIpc) is 3.54. The molecule has 2 aromatic rings. The maximum atomic E-state index is 14.4. The fraction of sp³-hybridized carbons (Fsp3) is 0.381. The van der Waals surface area contributed by atoms with Gasteiger partial charge in [-0.25, -0.2) is 4.39 Å². The largest absolute Gasteiger partial charge is 0.349 e. The number of hydrogen-bond donors (Lipinski definition) is 1. The lowest BCUT2D eigenvalue weighted by Crippen LogP contribution is -2.37. The van der Waals surface area contributed by atoms with Gasteiger partial charge in [-0.3, -0.25) is 14.6 Å². The Hall–Kier alpha value is -2.41. The van der Waals surface area contributed by atoms with Crippen molar-refractivity contribution in [3.63, 3.8) is 0 Å². The maximum absolute atomic E-state index is 14.4. The standard InChI is InChI=1S/C21H22FN3O2S/c1-13-17(10-15(11-18(13)22)20(26)24-16-3-4-16)19-5-2-14(12-23-19)21(27)25-6-8-28-9-7-25/h2,5,10-12,16H,3-4,6-9H2,1H3,(H,24,26). The molecule has 0 bridgehead atoms. The van der Waals surface area contributed by atoms with Gasteiger partial charge in [0.2, 0.25) is 0 Å². The van der Waals surface area contributed by atoms with Gasteiger partial charge in [0, 0.05) is 48.0 Å². The van der Waals surface area contributed by atoms with Gasteiger partial charge in [0.05, 0.1) is 11.3 Å². The number of carbonyl (C=O) groups excluding carboxylic acids is 2. The molecule has 0 spiro atoms. The van der Waals surface area contributed by atoms with Crippen LogP contribution in [0.1, 0.15) is 39.1 Å². The molecule has 0 atom stereocenters. The van der Waals surface area contributed by atoms with Crippen molar-refractivity contribution in [2.24, 2.45) is 0 Å². The van der Waals surface area contributed by atoms with Crippen LogP contribution in [0, 0.1) is 12.7 Å². The van der Waals surface area contributed by atoms with Crippen molar-refractivity contribution >= 4 is 23.6 Å². The molecule has 2 heterocycles. The minimum atomic E-state index is -0.439. The zero-order valence-electron chi connectivity index (χ0n) is 15.7. The van der Waals surface area contributed by atoms with E-state index in [0.29, 0.717) is 22.4 Å². The highest BCUT2D eigenvalue weighted by molar-refractivity contribution is 7.99. The van der Waals surface area contributed by atoms with Crippen LogP contribution in [0.4, 0.5) is 4.39 Å². The van der Waals surface area contributed by atoms with Crippen LogP contribution in [0.15, 0.2) is 30.5 Å². The van der Waals surface area contributed by atoms with E-state index >= 15 is 0 Å². The third kappa shape index (κ3) is 4.04. The molecule has 2 aliphatic rings. The molecule has 1 aliphatic heterocycles. The maximum Gasteiger partial charge on any atom is 0.255 e. The van der Waals surface area contributed by atoms with Gasteiger partial charge in [0.15, 0.2) is 0 Å². The van der Waals surface area contributed by atoms with Gasteiger partial charge in [0.1, 0.15) is 5.82 Å². The first-order valence-corrected chi connectivity index (χ1v) is 10.6. The summed E-state index contributed by atoms with van der Waals surface area (Å²) in [4.78, 5) is 31.1. The van der Waals surface area contributed by atoms with Crippen LogP contribution in [-0.2, 0) is 0 Å². The van der Waals surface area contributed by atoms with Crippen molar-refractivity contribution in [3.05, 3.63) is 53.0 Å². The summed E-state index contributed by atoms with van der Waals surface area (Å²) in [7, 11) is 0. The Morgan fingerprint density at radius 1 is 1.18 bits per heavy atom. The number of nitrogens with zero attached hydrogens (tertiary/aromatic N) is 2. The van der Waals surface area contributed by atoms with E-state index in [1.807, 2.05) is 16.7 Å². The molecule has 5 nitrogen and oxygen atoms in total. The Bertz CT molecular complexity index is 907. The summed E-state index contributed by atoms with van der Waals surface area (Å²) in [5.41, 5.74) is 2.36. The summed E-state index contributed by atoms with van der Waals surface area (Å²) in [6.45, 7) is 3.15. The van der Waals surface area contributed by atoms with Crippen LogP contribution in [0.5, 0.6) is 0 Å². The van der Waals surface area contributed by atoms with Crippen LogP contribution in [0.25, 0.3) is 11.3 Å². The predicted octanol–water partition coefficient (Wildman–Crippen LogP) is 3.28. The third-order valence-corrected chi connectivity index (χ3v) is 6.05. The topological polar surface area (TPSA) is 62.3 Å². The van der Waals surface area contributed by atoms with E-state index in [0.717, 1.165) is 37.4 Å². The molecule has 146 valence electrons. The molecule has 1 aromatic carbocycles. The van der Waals surface area contributed by atoms with Gasteiger partial charge in [0.25, 0.3) is 11.8 Å². The van der Waals surface area contributed by atoms with Gasteiger partial charge < -0.3 is 10.2 Å². The lowest BCUT2D eigenvalue weighted by Gasteiger charge is -2.26. The van der Waals surface area contributed by atoms with Crippen molar-refractivity contribution in [1.29, 1.82) is 0 Å². The Kier molecular flexibility index (Phi) is 5.35. The van der Waals surface area contributed by atoms with E-state index in [4.69, 9.17) is 0 Å². The number of thioether (sulfide) groups is 1. The van der Waals surface area contributed by atoms with E-state index in [1.54, 1.807) is 25.1 Å². The van der Waals surface area contributed by atoms with Gasteiger partial charge in [-0.2, -0.15) is 11.8 Å². The van der Waals surface area contributed by atoms with Gasteiger partial charge in [-0.1, -0.05) is 0 Å². The van der Waals surface area contributed by atoms with Crippen LogP contribution >= 0.6 is 11.8 Å². The number of rotatable bonds is 4. The molecule has 2 fully saturated rings. The molecule has 28 heavy (non-hydrogen) atoms. The molecule has 2 amide bonds. The molecule has 1 saturated heterocycles. The fourth-order valence-corrected chi connectivity index (χ4v) is 4.10. The van der Waals surface area contributed by atoms with Crippen molar-refractivity contribution in [3.8, 4) is 11.3 Å². The quantitative estimate of drug-likeness (QED) is 0.857. The summed E-state index contributed by atoms with van der Waals surface area (Å²) in [5, 5.41) is 2.88. The first-order valence-electron chi connectivity index (χ1n) is 9.47. The molecule has 1 saturated carbocycles. The second-order valence-electron chi connectivity index (χ2n) is 7.22. The van der Waals surface area contributed by atoms with Crippen molar-refractivity contribution < 1.29 is 14.0 Å². The highest BCUT2D eigenvalue weighted by Crippen LogP contribution is 2.27. The Labute approximate surface area is 167 Å². The lowest BCUT2D eigenvalue weighted by molar-refractivity contribution is 0.0771. The van der Waals surface area contributed by atoms with Crippen molar-refractivity contribution in [2.45, 2.75) is 25.8 Å². The molecular formula is C21H22FN3O2S. The molecular weight excluding hydrogens is 377 g/mol. The number of halogens is 1. The number of aromatic nitrogens is 1. The van der Waals surface area contributed by atoms with Crippen LogP contribution in [-0.4, -0.2) is 52.3 Å². The highest BCUT2D eigenvalue weighted by atomic mass is 32.2. The lowest BCUT2D eigenvalue weighted by atomic mass is 10.00. The summed E-state index contributed by atoms with van der Waals surface area (Å²) >= 11 is 1.85. The van der Waals surface area contributed by atoms with Gasteiger partial charge >= 0.3 is 0 Å². The summed E-state index contributed by atoms with van der Waals surface area (Å²) in [5.74, 6) is 1.17. The van der Waals surface area contributed by atoms with E-state index in [2.05, 4.69) is 10.3 Å². The minimum absolute atomic E-state index is 0.0279. The molecule has 1 aromatic heterocycles. The molecule has 7 heteroatoms. The molecule has 4 rings (SSSR count). The smallest absolute Gasteiger partial charge is 0.255 e. The number of carbonyl (C=O) groups is 2. The van der Waals surface area contributed by atoms with E-state index < -0.39 is 5.82 Å². The molecule has 0 unspecified atom stereocenters. The first kappa shape index (κ1) is 18.9. The average molecular weight is 399 g/mol. The zero-order chi connectivity index (χ0) is 19.7. The Balaban J connectivity index is 1.58. The Morgan fingerprint density at radius 3 is 2.57 bits per heavy atom. The van der Waals surface area contributed by atoms with E-state index in [9.17, 15) is 14.0 Å². The second-order valence-corrected chi connectivity index (χ2v) is 8.44. The zero-order valence-corrected chi connectivity index (χ0v) is 16.5. The van der Waals surface area contributed by atoms with Crippen molar-refractivity contribution in [2.75, 3.05) is 24.6 Å². The molecule has 1 N–H and O–H groups in total. The number of benzene rings is 1. The number of nitrogens with one attached hydrogen (secondary N) is 1. The van der Waals surface area contributed by atoms with E-state index in [-0.39, 0.29) is 23.4 Å². The summed E-state index contributed by atoms with van der Waals surface area (Å²) in [6.07, 6.45) is 3.48. The number of amides is 2. The summed E-state index contributed by atoms with van der Waals surface area (Å²) in [6, 6.07) is 6.58. The normalized spacial score (nSPS) is 16.7. The first-order chi connectivity index (χ1) is 13.5. The predicted molar refractivity (Wildman–Crippen MR) is 108 cm³/mol. The monoisotopic (exact) mass is 399 g/mol. The fourth-order valence-electron chi connectivity index (χ4n) is 3.20. The second kappa shape index (κ2) is 7.91. The third-order valence-electron chi connectivity index (χ3n) is 5.10. The molecule has 1 aliphatic carbocycles. The number of pyridine rings is 1.